The number of ether oxygens (including phenoxy) is 1. The molecule has 1 aromatic rings. The maximum atomic E-state index is 12.1. The van der Waals surface area contributed by atoms with Gasteiger partial charge in [-0.1, -0.05) is 0 Å². The van der Waals surface area contributed by atoms with E-state index >= 15 is 0 Å². The van der Waals surface area contributed by atoms with E-state index in [1.807, 2.05) is 6.92 Å². The van der Waals surface area contributed by atoms with Gasteiger partial charge in [0.1, 0.15) is 5.60 Å². The van der Waals surface area contributed by atoms with Gasteiger partial charge in [0, 0.05) is 16.8 Å². The first kappa shape index (κ1) is 12.4. The molecule has 1 amide bonds. The molecular formula is C12H15BrN2O2. The van der Waals surface area contributed by atoms with Crippen molar-refractivity contribution < 1.29 is 9.53 Å². The molecule has 1 atom stereocenters. The lowest BCUT2D eigenvalue weighted by atomic mass is 10.0. The zero-order chi connectivity index (χ0) is 12.5. The highest BCUT2D eigenvalue weighted by Gasteiger charge is 2.37. The fraction of sp³-hybridized carbons (Fsp3) is 0.417. The molecule has 3 N–H and O–H groups in total. The van der Waals surface area contributed by atoms with Crippen molar-refractivity contribution in [2.24, 2.45) is 0 Å². The fourth-order valence-corrected chi connectivity index (χ4v) is 2.34. The largest absolute Gasteiger partial charge is 0.399 e. The van der Waals surface area contributed by atoms with Crippen molar-refractivity contribution in [3.05, 3.63) is 22.7 Å². The summed E-state index contributed by atoms with van der Waals surface area (Å²) in [5, 5.41) is 2.85. The third-order valence-electron chi connectivity index (χ3n) is 2.94. The number of carbonyl (C=O) groups excluding carboxylic acids is 1. The number of rotatable bonds is 2. The number of halogens is 1. The van der Waals surface area contributed by atoms with Gasteiger partial charge in [-0.25, -0.2) is 0 Å². The number of carbonyl (C=O) groups is 1. The molecule has 1 aliphatic heterocycles. The summed E-state index contributed by atoms with van der Waals surface area (Å²) in [6.07, 6.45) is 1.68. The minimum atomic E-state index is -0.708. The summed E-state index contributed by atoms with van der Waals surface area (Å²) < 4.78 is 6.26. The molecule has 1 fully saturated rings. The van der Waals surface area contributed by atoms with Crippen molar-refractivity contribution in [3.63, 3.8) is 0 Å². The van der Waals surface area contributed by atoms with Gasteiger partial charge in [-0.2, -0.15) is 0 Å². The van der Waals surface area contributed by atoms with Crippen LogP contribution >= 0.6 is 15.9 Å². The van der Waals surface area contributed by atoms with E-state index in [0.29, 0.717) is 18.0 Å². The van der Waals surface area contributed by atoms with Crippen LogP contribution in [-0.4, -0.2) is 18.1 Å². The molecule has 0 bridgehead atoms. The highest BCUT2D eigenvalue weighted by atomic mass is 79.9. The van der Waals surface area contributed by atoms with Gasteiger partial charge in [0.05, 0.1) is 5.69 Å². The van der Waals surface area contributed by atoms with Crippen molar-refractivity contribution in [2.45, 2.75) is 25.4 Å². The van der Waals surface area contributed by atoms with Crippen LogP contribution in [0.1, 0.15) is 19.8 Å². The van der Waals surface area contributed by atoms with Crippen molar-refractivity contribution in [1.29, 1.82) is 0 Å². The molecule has 1 saturated heterocycles. The number of nitrogen functional groups attached to an aromatic ring is 1. The average Bonchev–Trinajstić information content (AvgIpc) is 2.71. The topological polar surface area (TPSA) is 64.4 Å². The number of anilines is 2. The maximum Gasteiger partial charge on any atom is 0.256 e. The minimum absolute atomic E-state index is 0.111. The Morgan fingerprint density at radius 1 is 1.59 bits per heavy atom. The van der Waals surface area contributed by atoms with Gasteiger partial charge >= 0.3 is 0 Å². The number of hydrogen-bond donors (Lipinski definition) is 2. The Labute approximate surface area is 109 Å². The lowest BCUT2D eigenvalue weighted by molar-refractivity contribution is -0.133. The van der Waals surface area contributed by atoms with Crippen LogP contribution in [0.4, 0.5) is 11.4 Å². The molecule has 1 unspecified atom stereocenters. The first-order chi connectivity index (χ1) is 8.01. The number of amides is 1. The molecule has 1 heterocycles. The number of hydrogen-bond acceptors (Lipinski definition) is 3. The first-order valence-electron chi connectivity index (χ1n) is 5.52. The standard InChI is InChI=1S/C12H15BrN2O2/c1-12(5-2-6-17-12)11(16)15-10-4-3-8(14)7-9(10)13/h3-4,7H,2,5-6,14H2,1H3,(H,15,16). The highest BCUT2D eigenvalue weighted by molar-refractivity contribution is 9.10. The lowest BCUT2D eigenvalue weighted by Crippen LogP contribution is -2.39. The van der Waals surface area contributed by atoms with Crippen molar-refractivity contribution >= 4 is 33.2 Å². The molecule has 17 heavy (non-hydrogen) atoms. The molecule has 1 aromatic carbocycles. The molecule has 0 aliphatic carbocycles. The molecule has 0 radical (unpaired) electrons. The van der Waals surface area contributed by atoms with Crippen LogP contribution in [-0.2, 0) is 9.53 Å². The number of nitrogens with two attached hydrogens (primary N) is 1. The monoisotopic (exact) mass is 298 g/mol. The SMILES string of the molecule is CC1(C(=O)Nc2ccc(N)cc2Br)CCCO1. The third kappa shape index (κ3) is 2.61. The van der Waals surface area contributed by atoms with Gasteiger partial charge in [0.25, 0.3) is 5.91 Å². The Balaban J connectivity index is 2.13. The van der Waals surface area contributed by atoms with Crippen LogP contribution in [0.3, 0.4) is 0 Å². The van der Waals surface area contributed by atoms with Crippen molar-refractivity contribution in [1.82, 2.24) is 0 Å². The highest BCUT2D eigenvalue weighted by Crippen LogP contribution is 2.29. The fourth-order valence-electron chi connectivity index (χ4n) is 1.85. The predicted molar refractivity (Wildman–Crippen MR) is 70.8 cm³/mol. The summed E-state index contributed by atoms with van der Waals surface area (Å²) in [6, 6.07) is 5.28. The van der Waals surface area contributed by atoms with E-state index in [1.54, 1.807) is 18.2 Å². The van der Waals surface area contributed by atoms with Crippen LogP contribution in [0.2, 0.25) is 0 Å². The van der Waals surface area contributed by atoms with Crippen LogP contribution < -0.4 is 11.1 Å². The quantitative estimate of drug-likeness (QED) is 0.825. The number of nitrogens with one attached hydrogen (secondary N) is 1. The van der Waals surface area contributed by atoms with Gasteiger partial charge in [-0.05, 0) is 53.9 Å². The van der Waals surface area contributed by atoms with Crippen LogP contribution in [0, 0.1) is 0 Å². The summed E-state index contributed by atoms with van der Waals surface area (Å²) in [7, 11) is 0. The van der Waals surface area contributed by atoms with Gasteiger partial charge in [0.15, 0.2) is 0 Å². The summed E-state index contributed by atoms with van der Waals surface area (Å²) in [6.45, 7) is 2.47. The van der Waals surface area contributed by atoms with Crippen molar-refractivity contribution in [2.75, 3.05) is 17.7 Å². The Hall–Kier alpha value is -1.07. The molecule has 4 nitrogen and oxygen atoms in total. The van der Waals surface area contributed by atoms with Gasteiger partial charge in [0.2, 0.25) is 0 Å². The Morgan fingerprint density at radius 2 is 2.35 bits per heavy atom. The average molecular weight is 299 g/mol. The first-order valence-corrected chi connectivity index (χ1v) is 6.31. The van der Waals surface area contributed by atoms with E-state index in [1.165, 1.54) is 0 Å². The van der Waals surface area contributed by atoms with Crippen LogP contribution in [0.15, 0.2) is 22.7 Å². The van der Waals surface area contributed by atoms with Gasteiger partial charge < -0.3 is 15.8 Å². The molecule has 5 heteroatoms. The van der Waals surface area contributed by atoms with E-state index < -0.39 is 5.60 Å². The molecule has 0 spiro atoms. The smallest absolute Gasteiger partial charge is 0.256 e. The molecule has 0 saturated carbocycles. The predicted octanol–water partition coefficient (Wildman–Crippen LogP) is 2.54. The summed E-state index contributed by atoms with van der Waals surface area (Å²) in [4.78, 5) is 12.1. The second kappa shape index (κ2) is 4.66. The van der Waals surface area contributed by atoms with E-state index in [9.17, 15) is 4.79 Å². The molecule has 1 aliphatic rings. The lowest BCUT2D eigenvalue weighted by Gasteiger charge is -2.22. The number of benzene rings is 1. The second-order valence-electron chi connectivity index (χ2n) is 4.38. The van der Waals surface area contributed by atoms with E-state index in [-0.39, 0.29) is 5.91 Å². The zero-order valence-electron chi connectivity index (χ0n) is 9.63. The summed E-state index contributed by atoms with van der Waals surface area (Å²) in [5.74, 6) is -0.111. The minimum Gasteiger partial charge on any atom is -0.399 e. The molecule has 92 valence electrons. The van der Waals surface area contributed by atoms with E-state index in [2.05, 4.69) is 21.2 Å². The summed E-state index contributed by atoms with van der Waals surface area (Å²) in [5.41, 5.74) is 6.29. The zero-order valence-corrected chi connectivity index (χ0v) is 11.2. The third-order valence-corrected chi connectivity index (χ3v) is 3.60. The Morgan fingerprint density at radius 3 is 2.94 bits per heavy atom. The normalized spacial score (nSPS) is 23.6. The molecule has 0 aromatic heterocycles. The Kier molecular flexibility index (Phi) is 3.40. The second-order valence-corrected chi connectivity index (χ2v) is 5.23. The maximum absolute atomic E-state index is 12.1. The van der Waals surface area contributed by atoms with E-state index in [0.717, 1.165) is 17.3 Å². The van der Waals surface area contributed by atoms with Gasteiger partial charge in [-0.3, -0.25) is 4.79 Å². The van der Waals surface area contributed by atoms with Crippen LogP contribution in [0.25, 0.3) is 0 Å². The van der Waals surface area contributed by atoms with Crippen molar-refractivity contribution in [3.8, 4) is 0 Å². The van der Waals surface area contributed by atoms with E-state index in [4.69, 9.17) is 10.5 Å². The molecular weight excluding hydrogens is 284 g/mol. The summed E-state index contributed by atoms with van der Waals surface area (Å²) >= 11 is 3.37. The van der Waals surface area contributed by atoms with Gasteiger partial charge in [-0.15, -0.1) is 0 Å². The Bertz CT molecular complexity index is 442. The molecule has 2 rings (SSSR count). The van der Waals surface area contributed by atoms with Crippen LogP contribution in [0.5, 0.6) is 0 Å².